The average Bonchev–Trinajstić information content (AvgIpc) is 3.12. The van der Waals surface area contributed by atoms with Crippen LogP contribution in [0.15, 0.2) is 18.2 Å². The van der Waals surface area contributed by atoms with Gasteiger partial charge in [0.25, 0.3) is 5.91 Å². The van der Waals surface area contributed by atoms with Gasteiger partial charge in [0.05, 0.1) is 5.69 Å². The second-order valence-electron chi connectivity index (χ2n) is 5.47. The molecule has 0 saturated heterocycles. The van der Waals surface area contributed by atoms with Crippen molar-refractivity contribution < 1.29 is 9.53 Å². The fourth-order valence-electron chi connectivity index (χ4n) is 2.38. The van der Waals surface area contributed by atoms with E-state index in [0.717, 1.165) is 36.3 Å². The van der Waals surface area contributed by atoms with Crippen molar-refractivity contribution >= 4 is 11.6 Å². The van der Waals surface area contributed by atoms with Gasteiger partial charge in [-0.15, -0.1) is 0 Å². The second kappa shape index (κ2) is 4.51. The zero-order valence-electron chi connectivity index (χ0n) is 10.9. The monoisotopic (exact) mass is 261 g/mol. The molecule has 1 heterocycles. The summed E-state index contributed by atoms with van der Waals surface area (Å²) >= 11 is 0. The number of ether oxygens (including phenoxy) is 1. The summed E-state index contributed by atoms with van der Waals surface area (Å²) in [5, 5.41) is 0. The van der Waals surface area contributed by atoms with E-state index >= 15 is 0 Å². The van der Waals surface area contributed by atoms with Crippen molar-refractivity contribution in [3.63, 3.8) is 0 Å². The van der Waals surface area contributed by atoms with Crippen LogP contribution in [-0.2, 0) is 11.2 Å². The number of anilines is 1. The normalized spacial score (nSPS) is 19.9. The third-order valence-electron chi connectivity index (χ3n) is 3.76. The lowest BCUT2D eigenvalue weighted by atomic mass is 10.1. The smallest absolute Gasteiger partial charge is 0.265 e. The number of carbonyl (C=O) groups is 1. The first-order valence-corrected chi connectivity index (χ1v) is 6.66. The lowest BCUT2D eigenvalue weighted by molar-refractivity contribution is -0.121. The molecule has 1 aromatic carbocycles. The van der Waals surface area contributed by atoms with Crippen LogP contribution in [0.2, 0.25) is 0 Å². The van der Waals surface area contributed by atoms with Gasteiger partial charge in [-0.1, -0.05) is 6.07 Å². The van der Waals surface area contributed by atoms with Crippen molar-refractivity contribution in [3.8, 4) is 5.75 Å². The Morgan fingerprint density at radius 2 is 2.16 bits per heavy atom. The van der Waals surface area contributed by atoms with E-state index in [1.807, 2.05) is 18.2 Å². The summed E-state index contributed by atoms with van der Waals surface area (Å²) < 4.78 is 5.47. The van der Waals surface area contributed by atoms with Crippen molar-refractivity contribution in [1.29, 1.82) is 0 Å². The summed E-state index contributed by atoms with van der Waals surface area (Å²) in [5.74, 6) is 0.735. The van der Waals surface area contributed by atoms with E-state index in [1.54, 1.807) is 4.90 Å². The lowest BCUT2D eigenvalue weighted by Gasteiger charge is -2.31. The third-order valence-corrected chi connectivity index (χ3v) is 3.76. The number of rotatable bonds is 4. The zero-order chi connectivity index (χ0) is 13.5. The molecule has 0 spiro atoms. The average molecular weight is 261 g/mol. The highest BCUT2D eigenvalue weighted by Gasteiger charge is 2.42. The molecule has 19 heavy (non-hydrogen) atoms. The number of hydrogen-bond acceptors (Lipinski definition) is 4. The number of amides is 1. The highest BCUT2D eigenvalue weighted by Crippen LogP contribution is 2.38. The van der Waals surface area contributed by atoms with Crippen molar-refractivity contribution in [2.45, 2.75) is 24.8 Å². The van der Waals surface area contributed by atoms with Gasteiger partial charge in [-0.3, -0.25) is 4.79 Å². The number of benzene rings is 1. The van der Waals surface area contributed by atoms with E-state index in [0.29, 0.717) is 13.1 Å². The Bertz CT molecular complexity index is 511. The molecule has 1 aromatic rings. The molecule has 0 bridgehead atoms. The van der Waals surface area contributed by atoms with E-state index in [9.17, 15) is 4.79 Å². The van der Waals surface area contributed by atoms with E-state index < -0.39 is 0 Å². The maximum atomic E-state index is 12.1. The molecule has 1 aliphatic heterocycles. The van der Waals surface area contributed by atoms with E-state index in [4.69, 9.17) is 16.2 Å². The van der Waals surface area contributed by atoms with Gasteiger partial charge in [-0.2, -0.15) is 0 Å². The van der Waals surface area contributed by atoms with Crippen LogP contribution < -0.4 is 21.1 Å². The maximum absolute atomic E-state index is 12.1. The summed E-state index contributed by atoms with van der Waals surface area (Å²) in [6.45, 7) is 1.27. The summed E-state index contributed by atoms with van der Waals surface area (Å²) in [6, 6.07) is 5.90. The Morgan fingerprint density at radius 3 is 2.84 bits per heavy atom. The highest BCUT2D eigenvalue weighted by atomic mass is 16.5. The molecule has 102 valence electrons. The van der Waals surface area contributed by atoms with Gasteiger partial charge < -0.3 is 21.1 Å². The third kappa shape index (κ3) is 2.43. The molecule has 1 fully saturated rings. The van der Waals surface area contributed by atoms with Crippen LogP contribution >= 0.6 is 0 Å². The number of nitrogens with two attached hydrogens (primary N) is 2. The van der Waals surface area contributed by atoms with Crippen LogP contribution in [0.3, 0.4) is 0 Å². The van der Waals surface area contributed by atoms with Crippen molar-refractivity contribution in [3.05, 3.63) is 23.8 Å². The van der Waals surface area contributed by atoms with E-state index in [2.05, 4.69) is 0 Å². The minimum Gasteiger partial charge on any atom is -0.482 e. The molecule has 0 radical (unpaired) electrons. The quantitative estimate of drug-likeness (QED) is 0.822. The SMILES string of the molecule is NCCc1ccc2c(c1)N(CC1(N)CC1)C(=O)CO2. The fourth-order valence-corrected chi connectivity index (χ4v) is 2.38. The lowest BCUT2D eigenvalue weighted by Crippen LogP contribution is -2.46. The Labute approximate surface area is 112 Å². The molecule has 5 heteroatoms. The Balaban J connectivity index is 1.92. The van der Waals surface area contributed by atoms with Crippen LogP contribution in [0.4, 0.5) is 5.69 Å². The van der Waals surface area contributed by atoms with Crippen LogP contribution in [0.25, 0.3) is 0 Å². The molecular weight excluding hydrogens is 242 g/mol. The number of fused-ring (bicyclic) bond motifs is 1. The molecule has 3 rings (SSSR count). The first kappa shape index (κ1) is 12.4. The van der Waals surface area contributed by atoms with Gasteiger partial charge in [0.15, 0.2) is 6.61 Å². The topological polar surface area (TPSA) is 81.6 Å². The molecule has 1 amide bonds. The zero-order valence-corrected chi connectivity index (χ0v) is 10.9. The van der Waals surface area contributed by atoms with Crippen LogP contribution in [0, 0.1) is 0 Å². The Morgan fingerprint density at radius 1 is 1.37 bits per heavy atom. The van der Waals surface area contributed by atoms with E-state index in [-0.39, 0.29) is 18.1 Å². The molecular formula is C14H19N3O2. The molecule has 0 unspecified atom stereocenters. The molecule has 4 N–H and O–H groups in total. The highest BCUT2D eigenvalue weighted by molar-refractivity contribution is 5.98. The Kier molecular flexibility index (Phi) is 2.95. The second-order valence-corrected chi connectivity index (χ2v) is 5.47. The number of hydrogen-bond donors (Lipinski definition) is 2. The molecule has 5 nitrogen and oxygen atoms in total. The van der Waals surface area contributed by atoms with Crippen LogP contribution in [0.5, 0.6) is 5.75 Å². The van der Waals surface area contributed by atoms with Gasteiger partial charge in [0.1, 0.15) is 5.75 Å². The number of nitrogens with zero attached hydrogens (tertiary/aromatic N) is 1. The Hall–Kier alpha value is -1.59. The summed E-state index contributed by atoms with van der Waals surface area (Å²) in [4.78, 5) is 13.8. The summed E-state index contributed by atoms with van der Waals surface area (Å²) in [6.07, 6.45) is 2.76. The predicted molar refractivity (Wildman–Crippen MR) is 73.2 cm³/mol. The molecule has 2 aliphatic rings. The van der Waals surface area contributed by atoms with Gasteiger partial charge >= 0.3 is 0 Å². The minimum absolute atomic E-state index is 0.0193. The van der Waals surface area contributed by atoms with Crippen molar-refractivity contribution in [1.82, 2.24) is 0 Å². The van der Waals surface area contributed by atoms with Gasteiger partial charge in [0, 0.05) is 12.1 Å². The van der Waals surface area contributed by atoms with Gasteiger partial charge in [-0.05, 0) is 43.5 Å². The minimum atomic E-state index is -0.200. The molecule has 0 aromatic heterocycles. The first-order valence-electron chi connectivity index (χ1n) is 6.66. The van der Waals surface area contributed by atoms with Crippen LogP contribution in [-0.4, -0.2) is 31.1 Å². The fraction of sp³-hybridized carbons (Fsp3) is 0.500. The van der Waals surface area contributed by atoms with Gasteiger partial charge in [-0.25, -0.2) is 0 Å². The largest absolute Gasteiger partial charge is 0.482 e. The van der Waals surface area contributed by atoms with Crippen molar-refractivity contribution in [2.24, 2.45) is 11.5 Å². The molecule has 1 saturated carbocycles. The number of carbonyl (C=O) groups excluding carboxylic acids is 1. The first-order chi connectivity index (χ1) is 9.11. The summed E-state index contributed by atoms with van der Waals surface area (Å²) in [5.41, 5.74) is 13.5. The van der Waals surface area contributed by atoms with Gasteiger partial charge in [0.2, 0.25) is 0 Å². The van der Waals surface area contributed by atoms with E-state index in [1.165, 1.54) is 0 Å². The predicted octanol–water partition coefficient (Wildman–Crippen LogP) is 0.404. The maximum Gasteiger partial charge on any atom is 0.265 e. The molecule has 0 atom stereocenters. The summed E-state index contributed by atoms with van der Waals surface area (Å²) in [7, 11) is 0. The molecule has 1 aliphatic carbocycles. The standard InChI is InChI=1S/C14H19N3O2/c15-6-3-10-1-2-12-11(7-10)17(13(18)8-19-12)9-14(16)4-5-14/h1-2,7H,3-6,8-9,15-16H2. The van der Waals surface area contributed by atoms with Crippen molar-refractivity contribution in [2.75, 3.05) is 24.6 Å². The van der Waals surface area contributed by atoms with Crippen LogP contribution in [0.1, 0.15) is 18.4 Å².